The molecule has 90 valence electrons. The first-order valence-corrected chi connectivity index (χ1v) is 7.07. The van der Waals surface area contributed by atoms with Gasteiger partial charge in [-0.15, -0.1) is 11.8 Å². The Kier molecular flexibility index (Phi) is 7.10. The number of hydrogen-bond acceptors (Lipinski definition) is 3. The lowest BCUT2D eigenvalue weighted by Gasteiger charge is -2.07. The van der Waals surface area contributed by atoms with Crippen molar-refractivity contribution >= 4 is 11.8 Å². The van der Waals surface area contributed by atoms with Crippen molar-refractivity contribution in [1.29, 1.82) is 0 Å². The quantitative estimate of drug-likeness (QED) is 0.556. The summed E-state index contributed by atoms with van der Waals surface area (Å²) in [7, 11) is 0. The van der Waals surface area contributed by atoms with Crippen LogP contribution >= 0.6 is 11.8 Å². The Hall–Kier alpha value is -0.670. The number of ether oxygens (including phenoxy) is 1. The minimum atomic E-state index is 0.787. The zero-order chi connectivity index (χ0) is 11.6. The second-order valence-corrected chi connectivity index (χ2v) is 4.51. The van der Waals surface area contributed by atoms with Crippen molar-refractivity contribution in [2.45, 2.75) is 24.7 Å². The number of nitrogens with one attached hydrogen (secondary N) is 1. The molecule has 0 fully saturated rings. The maximum atomic E-state index is 5.64. The summed E-state index contributed by atoms with van der Waals surface area (Å²) in [6, 6.07) is 8.25. The summed E-state index contributed by atoms with van der Waals surface area (Å²) < 4.78 is 5.64. The monoisotopic (exact) mass is 239 g/mol. The minimum Gasteiger partial charge on any atom is -0.494 e. The van der Waals surface area contributed by atoms with Gasteiger partial charge in [0.15, 0.2) is 0 Å². The fourth-order valence-corrected chi connectivity index (χ4v) is 1.77. The molecule has 3 heteroatoms. The van der Waals surface area contributed by atoms with Gasteiger partial charge in [-0.2, -0.15) is 0 Å². The van der Waals surface area contributed by atoms with Gasteiger partial charge in [0, 0.05) is 4.90 Å². The molecule has 0 unspecified atom stereocenters. The van der Waals surface area contributed by atoms with Gasteiger partial charge in [-0.25, -0.2) is 0 Å². The van der Waals surface area contributed by atoms with Gasteiger partial charge in [0.2, 0.25) is 0 Å². The molecular formula is C13H21NOS. The van der Waals surface area contributed by atoms with E-state index in [1.165, 1.54) is 11.3 Å². The molecule has 0 atom stereocenters. The Bertz CT molecular complexity index is 274. The SMILES string of the molecule is CCCNCCCOc1ccc(SC)cc1. The zero-order valence-corrected chi connectivity index (χ0v) is 11.0. The van der Waals surface area contributed by atoms with Crippen LogP contribution in [0.2, 0.25) is 0 Å². The normalized spacial score (nSPS) is 10.4. The molecule has 0 aliphatic carbocycles. The predicted octanol–water partition coefficient (Wildman–Crippen LogP) is 3.18. The van der Waals surface area contributed by atoms with Crippen molar-refractivity contribution in [3.63, 3.8) is 0 Å². The standard InChI is InChI=1S/C13H21NOS/c1-3-9-14-10-4-11-15-12-5-7-13(16-2)8-6-12/h5-8,14H,3-4,9-11H2,1-2H3. The van der Waals surface area contributed by atoms with Crippen LogP contribution in [0.15, 0.2) is 29.2 Å². The number of thioether (sulfide) groups is 1. The highest BCUT2D eigenvalue weighted by atomic mass is 32.2. The Morgan fingerprint density at radius 2 is 1.94 bits per heavy atom. The lowest BCUT2D eigenvalue weighted by atomic mass is 10.3. The van der Waals surface area contributed by atoms with Gasteiger partial charge in [0.25, 0.3) is 0 Å². The fourth-order valence-electron chi connectivity index (χ4n) is 1.36. The van der Waals surface area contributed by atoms with Gasteiger partial charge in [0.05, 0.1) is 6.61 Å². The molecule has 0 heterocycles. The van der Waals surface area contributed by atoms with Crippen LogP contribution in [0.5, 0.6) is 5.75 Å². The summed E-state index contributed by atoms with van der Waals surface area (Å²) in [4.78, 5) is 1.27. The smallest absolute Gasteiger partial charge is 0.119 e. The Labute approximate surface area is 103 Å². The molecular weight excluding hydrogens is 218 g/mol. The van der Waals surface area contributed by atoms with E-state index in [0.29, 0.717) is 0 Å². The molecule has 0 saturated heterocycles. The van der Waals surface area contributed by atoms with Crippen molar-refractivity contribution in [3.8, 4) is 5.75 Å². The third-order valence-corrected chi connectivity index (χ3v) is 3.00. The molecule has 0 spiro atoms. The largest absolute Gasteiger partial charge is 0.494 e. The van der Waals surface area contributed by atoms with E-state index in [4.69, 9.17) is 4.74 Å². The molecule has 0 amide bonds. The van der Waals surface area contributed by atoms with Crippen molar-refractivity contribution in [2.75, 3.05) is 26.0 Å². The average molecular weight is 239 g/mol. The van der Waals surface area contributed by atoms with E-state index >= 15 is 0 Å². The molecule has 0 radical (unpaired) electrons. The Morgan fingerprint density at radius 1 is 1.19 bits per heavy atom. The van der Waals surface area contributed by atoms with Gasteiger partial charge < -0.3 is 10.1 Å². The second-order valence-electron chi connectivity index (χ2n) is 3.63. The molecule has 0 aliphatic rings. The van der Waals surface area contributed by atoms with Crippen LogP contribution in [0.3, 0.4) is 0 Å². The van der Waals surface area contributed by atoms with Crippen molar-refractivity contribution in [3.05, 3.63) is 24.3 Å². The van der Waals surface area contributed by atoms with Crippen LogP contribution in [0.25, 0.3) is 0 Å². The topological polar surface area (TPSA) is 21.3 Å². The van der Waals surface area contributed by atoms with E-state index in [-0.39, 0.29) is 0 Å². The third-order valence-electron chi connectivity index (χ3n) is 2.25. The van der Waals surface area contributed by atoms with Crippen molar-refractivity contribution < 1.29 is 4.74 Å². The summed E-state index contributed by atoms with van der Waals surface area (Å²) >= 11 is 1.75. The molecule has 1 N–H and O–H groups in total. The van der Waals surface area contributed by atoms with Crippen molar-refractivity contribution in [2.24, 2.45) is 0 Å². The van der Waals surface area contributed by atoms with Crippen LogP contribution in [0.1, 0.15) is 19.8 Å². The summed E-state index contributed by atoms with van der Waals surface area (Å²) in [5.74, 6) is 0.966. The number of hydrogen-bond donors (Lipinski definition) is 1. The zero-order valence-electron chi connectivity index (χ0n) is 10.2. The van der Waals surface area contributed by atoms with E-state index in [1.54, 1.807) is 11.8 Å². The van der Waals surface area contributed by atoms with Gasteiger partial charge in [-0.1, -0.05) is 6.92 Å². The van der Waals surface area contributed by atoms with Crippen LogP contribution in [0.4, 0.5) is 0 Å². The van der Waals surface area contributed by atoms with Crippen LogP contribution in [0, 0.1) is 0 Å². The van der Waals surface area contributed by atoms with Crippen LogP contribution in [-0.4, -0.2) is 26.0 Å². The van der Waals surface area contributed by atoms with E-state index in [9.17, 15) is 0 Å². The van der Waals surface area contributed by atoms with E-state index in [0.717, 1.165) is 31.9 Å². The van der Waals surface area contributed by atoms with E-state index < -0.39 is 0 Å². The predicted molar refractivity (Wildman–Crippen MR) is 71.5 cm³/mol. The lowest BCUT2D eigenvalue weighted by Crippen LogP contribution is -2.17. The molecule has 1 aromatic rings. The van der Waals surface area contributed by atoms with Gasteiger partial charge in [-0.3, -0.25) is 0 Å². The molecule has 0 bridgehead atoms. The summed E-state index contributed by atoms with van der Waals surface area (Å²) in [5.41, 5.74) is 0. The Morgan fingerprint density at radius 3 is 2.56 bits per heavy atom. The third kappa shape index (κ3) is 5.42. The molecule has 1 rings (SSSR count). The fraction of sp³-hybridized carbons (Fsp3) is 0.538. The summed E-state index contributed by atoms with van der Waals surface area (Å²) in [5, 5.41) is 3.36. The van der Waals surface area contributed by atoms with Crippen LogP contribution < -0.4 is 10.1 Å². The lowest BCUT2D eigenvalue weighted by molar-refractivity contribution is 0.308. The number of benzene rings is 1. The van der Waals surface area contributed by atoms with Crippen molar-refractivity contribution in [1.82, 2.24) is 5.32 Å². The molecule has 0 aliphatic heterocycles. The van der Waals surface area contributed by atoms with Gasteiger partial charge in [-0.05, 0) is 56.5 Å². The first kappa shape index (κ1) is 13.4. The maximum absolute atomic E-state index is 5.64. The summed E-state index contributed by atoms with van der Waals surface area (Å²) in [6.07, 6.45) is 4.33. The van der Waals surface area contributed by atoms with Gasteiger partial charge in [0.1, 0.15) is 5.75 Å². The molecule has 1 aromatic carbocycles. The van der Waals surface area contributed by atoms with E-state index in [1.807, 2.05) is 12.1 Å². The first-order valence-electron chi connectivity index (χ1n) is 5.84. The Balaban J connectivity index is 2.12. The molecule has 2 nitrogen and oxygen atoms in total. The first-order chi connectivity index (χ1) is 7.86. The van der Waals surface area contributed by atoms with E-state index in [2.05, 4.69) is 30.6 Å². The molecule has 0 saturated carbocycles. The number of rotatable bonds is 8. The molecule has 0 aromatic heterocycles. The minimum absolute atomic E-state index is 0.787. The highest BCUT2D eigenvalue weighted by Gasteiger charge is 1.94. The average Bonchev–Trinajstić information content (AvgIpc) is 2.34. The highest BCUT2D eigenvalue weighted by molar-refractivity contribution is 7.98. The highest BCUT2D eigenvalue weighted by Crippen LogP contribution is 2.18. The summed E-state index contributed by atoms with van der Waals surface area (Å²) in [6.45, 7) is 5.10. The molecule has 16 heavy (non-hydrogen) atoms. The second kappa shape index (κ2) is 8.48. The van der Waals surface area contributed by atoms with Crippen LogP contribution in [-0.2, 0) is 0 Å². The maximum Gasteiger partial charge on any atom is 0.119 e. The van der Waals surface area contributed by atoms with Gasteiger partial charge >= 0.3 is 0 Å².